The zero-order valence-electron chi connectivity index (χ0n) is 9.96. The summed E-state index contributed by atoms with van der Waals surface area (Å²) in [6.07, 6.45) is 0. The van der Waals surface area contributed by atoms with Crippen LogP contribution in [0, 0.1) is 5.82 Å². The van der Waals surface area contributed by atoms with Crippen molar-refractivity contribution in [2.24, 2.45) is 0 Å². The molecule has 17 heavy (non-hydrogen) atoms. The number of nitrogens with zero attached hydrogens (tertiary/aromatic N) is 1. The van der Waals surface area contributed by atoms with E-state index in [0.29, 0.717) is 17.6 Å². The predicted octanol–water partition coefficient (Wildman–Crippen LogP) is 2.16. The third-order valence-electron chi connectivity index (χ3n) is 2.48. The van der Waals surface area contributed by atoms with E-state index < -0.39 is 0 Å². The molecule has 94 valence electrons. The molecule has 0 saturated carbocycles. The minimum Gasteiger partial charge on any atom is -0.358 e. The van der Waals surface area contributed by atoms with Crippen molar-refractivity contribution in [2.75, 3.05) is 20.1 Å². The third-order valence-corrected chi connectivity index (χ3v) is 3.09. The zero-order chi connectivity index (χ0) is 12.8. The van der Waals surface area contributed by atoms with Crippen LogP contribution in [0.1, 0.15) is 12.5 Å². The van der Waals surface area contributed by atoms with Gasteiger partial charge in [0.2, 0.25) is 5.91 Å². The topological polar surface area (TPSA) is 32.3 Å². The van der Waals surface area contributed by atoms with Crippen molar-refractivity contribution in [3.8, 4) is 0 Å². The van der Waals surface area contributed by atoms with Gasteiger partial charge in [0.25, 0.3) is 0 Å². The molecule has 1 aromatic rings. The van der Waals surface area contributed by atoms with Crippen LogP contribution in [0.3, 0.4) is 0 Å². The predicted molar refractivity (Wildman–Crippen MR) is 69.1 cm³/mol. The van der Waals surface area contributed by atoms with Gasteiger partial charge >= 0.3 is 0 Å². The molecule has 0 bridgehead atoms. The summed E-state index contributed by atoms with van der Waals surface area (Å²) in [6, 6.07) is 4.89. The van der Waals surface area contributed by atoms with Crippen LogP contribution in [0.15, 0.2) is 22.7 Å². The number of amides is 1. The molecule has 0 radical (unpaired) electrons. The molecule has 0 spiro atoms. The van der Waals surface area contributed by atoms with Gasteiger partial charge in [-0.3, -0.25) is 9.69 Å². The van der Waals surface area contributed by atoms with Gasteiger partial charge in [-0.2, -0.15) is 0 Å². The Bertz CT molecular complexity index is 398. The van der Waals surface area contributed by atoms with Gasteiger partial charge in [-0.1, -0.05) is 13.0 Å². The van der Waals surface area contributed by atoms with Gasteiger partial charge in [0.05, 0.1) is 11.0 Å². The van der Waals surface area contributed by atoms with Crippen molar-refractivity contribution < 1.29 is 9.18 Å². The van der Waals surface area contributed by atoms with E-state index in [2.05, 4.69) is 21.2 Å². The van der Waals surface area contributed by atoms with Crippen LogP contribution in [0.2, 0.25) is 0 Å². The van der Waals surface area contributed by atoms with E-state index in [4.69, 9.17) is 0 Å². The molecule has 0 aromatic heterocycles. The molecule has 0 saturated heterocycles. The Morgan fingerprint density at radius 3 is 2.76 bits per heavy atom. The monoisotopic (exact) mass is 302 g/mol. The Kier molecular flexibility index (Phi) is 5.58. The Morgan fingerprint density at radius 1 is 1.53 bits per heavy atom. The number of halogens is 2. The van der Waals surface area contributed by atoms with Gasteiger partial charge in [-0.25, -0.2) is 4.39 Å². The second kappa shape index (κ2) is 6.71. The maximum atomic E-state index is 13.1. The molecule has 0 aliphatic heterocycles. The summed E-state index contributed by atoms with van der Waals surface area (Å²) in [6.45, 7) is 3.73. The highest BCUT2D eigenvalue weighted by molar-refractivity contribution is 9.10. The van der Waals surface area contributed by atoms with Crippen LogP contribution in [0.25, 0.3) is 0 Å². The third kappa shape index (κ3) is 4.44. The summed E-state index contributed by atoms with van der Waals surface area (Å²) in [4.78, 5) is 13.3. The standard InChI is InChI=1S/C12H16BrFN2O/c1-3-16(8-12(17)15-2)7-9-4-5-11(14)10(13)6-9/h4-6H,3,7-8H2,1-2H3,(H,15,17). The first-order valence-electron chi connectivity index (χ1n) is 5.43. The number of likely N-dealkylation sites (N-methyl/N-ethyl adjacent to an activating group) is 2. The smallest absolute Gasteiger partial charge is 0.233 e. The zero-order valence-corrected chi connectivity index (χ0v) is 11.6. The highest BCUT2D eigenvalue weighted by Gasteiger charge is 2.09. The van der Waals surface area contributed by atoms with Crippen molar-refractivity contribution in [3.63, 3.8) is 0 Å². The molecule has 1 rings (SSSR count). The summed E-state index contributed by atoms with van der Waals surface area (Å²) in [5, 5.41) is 2.59. The highest BCUT2D eigenvalue weighted by Crippen LogP contribution is 2.17. The number of benzene rings is 1. The lowest BCUT2D eigenvalue weighted by Gasteiger charge is -2.19. The van der Waals surface area contributed by atoms with Crippen LogP contribution in [0.4, 0.5) is 4.39 Å². The highest BCUT2D eigenvalue weighted by atomic mass is 79.9. The summed E-state index contributed by atoms with van der Waals surface area (Å²) >= 11 is 3.15. The molecule has 1 amide bonds. The lowest BCUT2D eigenvalue weighted by atomic mass is 10.2. The molecule has 5 heteroatoms. The summed E-state index contributed by atoms with van der Waals surface area (Å²) in [5.74, 6) is -0.295. The lowest BCUT2D eigenvalue weighted by molar-refractivity contribution is -0.121. The maximum Gasteiger partial charge on any atom is 0.233 e. The Morgan fingerprint density at radius 2 is 2.24 bits per heavy atom. The number of carbonyl (C=O) groups is 1. The Labute approximate surface area is 109 Å². The first-order valence-corrected chi connectivity index (χ1v) is 6.23. The number of carbonyl (C=O) groups excluding carboxylic acids is 1. The quantitative estimate of drug-likeness (QED) is 0.904. The fourth-order valence-corrected chi connectivity index (χ4v) is 1.88. The van der Waals surface area contributed by atoms with Crippen LogP contribution in [-0.2, 0) is 11.3 Å². The van der Waals surface area contributed by atoms with Gasteiger partial charge in [-0.15, -0.1) is 0 Å². The molecule has 0 fully saturated rings. The van der Waals surface area contributed by atoms with E-state index in [1.807, 2.05) is 11.8 Å². The minimum absolute atomic E-state index is 0.0203. The first-order chi connectivity index (χ1) is 8.06. The van der Waals surface area contributed by atoms with Crippen molar-refractivity contribution in [3.05, 3.63) is 34.1 Å². The van der Waals surface area contributed by atoms with E-state index in [0.717, 1.165) is 12.1 Å². The van der Waals surface area contributed by atoms with Crippen LogP contribution in [-0.4, -0.2) is 30.9 Å². The molecule has 0 unspecified atom stereocenters. The second-order valence-electron chi connectivity index (χ2n) is 3.72. The van der Waals surface area contributed by atoms with Gasteiger partial charge in [0.15, 0.2) is 0 Å². The number of nitrogens with one attached hydrogen (secondary N) is 1. The van der Waals surface area contributed by atoms with Gasteiger partial charge < -0.3 is 5.32 Å². The molecule has 0 heterocycles. The van der Waals surface area contributed by atoms with Crippen molar-refractivity contribution in [2.45, 2.75) is 13.5 Å². The normalized spacial score (nSPS) is 10.6. The van der Waals surface area contributed by atoms with Crippen LogP contribution >= 0.6 is 15.9 Å². The average Bonchev–Trinajstić information content (AvgIpc) is 2.32. The fraction of sp³-hybridized carbons (Fsp3) is 0.417. The van der Waals surface area contributed by atoms with Gasteiger partial charge in [0.1, 0.15) is 5.82 Å². The molecule has 0 aliphatic rings. The Balaban J connectivity index is 2.67. The molecular weight excluding hydrogens is 287 g/mol. The minimum atomic E-state index is -0.275. The van der Waals surface area contributed by atoms with E-state index in [-0.39, 0.29) is 11.7 Å². The van der Waals surface area contributed by atoms with Crippen molar-refractivity contribution >= 4 is 21.8 Å². The lowest BCUT2D eigenvalue weighted by Crippen LogP contribution is -2.35. The maximum absolute atomic E-state index is 13.1. The molecule has 3 nitrogen and oxygen atoms in total. The summed E-state index contributed by atoms with van der Waals surface area (Å²) in [7, 11) is 1.62. The molecule has 1 aromatic carbocycles. The van der Waals surface area contributed by atoms with Gasteiger partial charge in [0, 0.05) is 13.6 Å². The van der Waals surface area contributed by atoms with Crippen LogP contribution < -0.4 is 5.32 Å². The molecular formula is C12H16BrFN2O. The SMILES string of the molecule is CCN(CC(=O)NC)Cc1ccc(F)c(Br)c1. The van der Waals surface area contributed by atoms with Crippen LogP contribution in [0.5, 0.6) is 0 Å². The van der Waals surface area contributed by atoms with Gasteiger partial charge in [-0.05, 0) is 40.2 Å². The molecule has 1 N–H and O–H groups in total. The Hall–Kier alpha value is -0.940. The van der Waals surface area contributed by atoms with E-state index in [9.17, 15) is 9.18 Å². The number of rotatable bonds is 5. The van der Waals surface area contributed by atoms with Crippen molar-refractivity contribution in [1.29, 1.82) is 0 Å². The van der Waals surface area contributed by atoms with E-state index >= 15 is 0 Å². The summed E-state index contributed by atoms with van der Waals surface area (Å²) < 4.78 is 13.5. The van der Waals surface area contributed by atoms with E-state index in [1.54, 1.807) is 19.2 Å². The fourth-order valence-electron chi connectivity index (χ4n) is 1.46. The van der Waals surface area contributed by atoms with E-state index in [1.165, 1.54) is 6.07 Å². The molecule has 0 atom stereocenters. The second-order valence-corrected chi connectivity index (χ2v) is 4.58. The van der Waals surface area contributed by atoms with Crippen molar-refractivity contribution in [1.82, 2.24) is 10.2 Å². The summed E-state index contributed by atoms with van der Waals surface area (Å²) in [5.41, 5.74) is 0.976. The number of hydrogen-bond donors (Lipinski definition) is 1. The first kappa shape index (κ1) is 14.1. The molecule has 0 aliphatic carbocycles. The average molecular weight is 303 g/mol. The largest absolute Gasteiger partial charge is 0.358 e. The number of hydrogen-bond acceptors (Lipinski definition) is 2.